The zero-order chi connectivity index (χ0) is 41.1. The number of methoxy groups -OCH3 is 1. The highest BCUT2D eigenvalue weighted by atomic mass is 31.2. The van der Waals surface area contributed by atoms with Gasteiger partial charge in [-0.25, -0.2) is 23.8 Å². The van der Waals surface area contributed by atoms with Crippen molar-refractivity contribution in [2.45, 2.75) is 78.8 Å². The Kier molecular flexibility index (Phi) is 14.4. The van der Waals surface area contributed by atoms with E-state index in [4.69, 9.17) is 28.7 Å². The van der Waals surface area contributed by atoms with Crippen LogP contribution >= 0.6 is 7.60 Å². The molecule has 17 nitrogen and oxygen atoms in total. The Hall–Kier alpha value is -6.09. The Labute approximate surface area is 319 Å². The molecule has 0 bridgehead atoms. The fourth-order valence-corrected chi connectivity index (χ4v) is 6.40. The summed E-state index contributed by atoms with van der Waals surface area (Å²) in [6.07, 6.45) is -3.06. The maximum atomic E-state index is 14.9. The van der Waals surface area contributed by atoms with Crippen molar-refractivity contribution in [3.63, 3.8) is 0 Å². The zero-order valence-corrected chi connectivity index (χ0v) is 33.0. The molecule has 0 aliphatic rings. The lowest BCUT2D eigenvalue weighted by atomic mass is 10.1. The van der Waals surface area contributed by atoms with Crippen LogP contribution < -0.4 is 35.2 Å². The van der Waals surface area contributed by atoms with Gasteiger partial charge in [0, 0.05) is 31.6 Å². The number of rotatable bonds is 11. The molecule has 296 valence electrons. The van der Waals surface area contributed by atoms with Gasteiger partial charge in [-0.3, -0.25) is 20.3 Å². The number of amides is 5. The van der Waals surface area contributed by atoms with Gasteiger partial charge in [0.25, 0.3) is 0 Å². The highest BCUT2D eigenvalue weighted by molar-refractivity contribution is 7.55. The summed E-state index contributed by atoms with van der Waals surface area (Å²) in [6, 6.07) is 17.9. The third kappa shape index (κ3) is 14.3. The quantitative estimate of drug-likeness (QED) is 0.0558. The summed E-state index contributed by atoms with van der Waals surface area (Å²) in [5.41, 5.74) is -0.367. The Morgan fingerprint density at radius 3 is 1.56 bits per heavy atom. The standard InChI is InChI=1S/C37H47N6O11P/c1-23(44)39-26-12-18-29(19-13-26)53-55(49,54-30-20-14-27(15-21-30)40-24(2)45)31(41-33(46)50-9)22-25-10-16-28(17-11-25)43(35(48)52-37(6,7)8)32(38)42-34(47)51-36(3,4)5/h10-21,31H,22H2,1-9H3,(H,39,44)(H,40,45)(H,41,46)(H2,38,42,47). The van der Waals surface area contributed by atoms with E-state index in [9.17, 15) is 28.5 Å². The zero-order valence-electron chi connectivity index (χ0n) is 32.1. The normalized spacial score (nSPS) is 11.9. The molecule has 1 atom stereocenters. The molecule has 3 rings (SSSR count). The lowest BCUT2D eigenvalue weighted by molar-refractivity contribution is -0.115. The van der Waals surface area contributed by atoms with Gasteiger partial charge in [-0.15, -0.1) is 0 Å². The number of guanidine groups is 1. The molecule has 0 heterocycles. The largest absolute Gasteiger partial charge is 0.453 e. The number of ether oxygens (including phenoxy) is 3. The second-order valence-corrected chi connectivity index (χ2v) is 16.0. The molecule has 0 aromatic heterocycles. The lowest BCUT2D eigenvalue weighted by Crippen LogP contribution is -2.49. The van der Waals surface area contributed by atoms with E-state index in [1.807, 2.05) is 0 Å². The van der Waals surface area contributed by atoms with Gasteiger partial charge in [-0.1, -0.05) is 12.1 Å². The number of anilines is 3. The minimum absolute atomic E-state index is 0.0725. The van der Waals surface area contributed by atoms with Crippen LogP contribution in [0.3, 0.4) is 0 Å². The van der Waals surface area contributed by atoms with E-state index in [0.717, 1.165) is 12.0 Å². The Balaban J connectivity index is 2.03. The number of nitrogens with zero attached hydrogens (tertiary/aromatic N) is 1. The summed E-state index contributed by atoms with van der Waals surface area (Å²) >= 11 is 0. The number of alkyl carbamates (subject to hydrolysis) is 2. The van der Waals surface area contributed by atoms with Gasteiger partial charge in [0.1, 0.15) is 22.7 Å². The molecular formula is C37H47N6O11P. The molecule has 18 heteroatoms. The van der Waals surface area contributed by atoms with Crippen LogP contribution in [0.5, 0.6) is 11.5 Å². The molecule has 0 aliphatic heterocycles. The van der Waals surface area contributed by atoms with Gasteiger partial charge < -0.3 is 39.2 Å². The maximum absolute atomic E-state index is 14.9. The molecule has 1 unspecified atom stereocenters. The van der Waals surface area contributed by atoms with Crippen LogP contribution in [0.15, 0.2) is 72.8 Å². The third-order valence-electron chi connectivity index (χ3n) is 6.71. The minimum Gasteiger partial charge on any atom is -0.453 e. The predicted molar refractivity (Wildman–Crippen MR) is 206 cm³/mol. The predicted octanol–water partition coefficient (Wildman–Crippen LogP) is 7.38. The fourth-order valence-electron chi connectivity index (χ4n) is 4.58. The molecule has 5 N–H and O–H groups in total. The van der Waals surface area contributed by atoms with Crippen molar-refractivity contribution in [1.82, 2.24) is 10.6 Å². The summed E-state index contributed by atoms with van der Waals surface area (Å²) in [6.45, 7) is 12.6. The van der Waals surface area contributed by atoms with Crippen LogP contribution in [-0.4, -0.2) is 60.1 Å². The van der Waals surface area contributed by atoms with E-state index in [1.54, 1.807) is 41.5 Å². The first-order valence-corrected chi connectivity index (χ1v) is 18.5. The van der Waals surface area contributed by atoms with Gasteiger partial charge >= 0.3 is 25.9 Å². The molecule has 0 spiro atoms. The van der Waals surface area contributed by atoms with Crippen molar-refractivity contribution < 1.29 is 51.8 Å². The molecule has 0 radical (unpaired) electrons. The van der Waals surface area contributed by atoms with Crippen molar-refractivity contribution in [2.75, 3.05) is 22.6 Å². The van der Waals surface area contributed by atoms with E-state index >= 15 is 0 Å². The summed E-state index contributed by atoms with van der Waals surface area (Å²) in [7, 11) is -3.35. The minimum atomic E-state index is -4.48. The third-order valence-corrected chi connectivity index (χ3v) is 8.71. The number of carbonyl (C=O) groups excluding carboxylic acids is 5. The Morgan fingerprint density at radius 1 is 0.709 bits per heavy atom. The topological polar surface area (TPSA) is 224 Å². The van der Waals surface area contributed by atoms with E-state index in [0.29, 0.717) is 16.9 Å². The second-order valence-electron chi connectivity index (χ2n) is 13.9. The average Bonchev–Trinajstić information content (AvgIpc) is 3.05. The van der Waals surface area contributed by atoms with Crippen LogP contribution in [0.2, 0.25) is 0 Å². The summed E-state index contributed by atoms with van der Waals surface area (Å²) < 4.78 is 42.5. The lowest BCUT2D eigenvalue weighted by Gasteiger charge is -2.29. The number of hydrogen-bond acceptors (Lipinski definition) is 12. The summed E-state index contributed by atoms with van der Waals surface area (Å²) in [5, 5.41) is 18.6. The second kappa shape index (κ2) is 18.3. The van der Waals surface area contributed by atoms with Crippen LogP contribution in [0.4, 0.5) is 31.4 Å². The molecule has 55 heavy (non-hydrogen) atoms. The molecule has 5 amide bonds. The molecule has 3 aromatic rings. The molecular weight excluding hydrogens is 735 g/mol. The van der Waals surface area contributed by atoms with Crippen LogP contribution in [0, 0.1) is 5.41 Å². The van der Waals surface area contributed by atoms with E-state index in [2.05, 4.69) is 21.3 Å². The van der Waals surface area contributed by atoms with Crippen molar-refractivity contribution in [3.8, 4) is 11.5 Å². The number of benzene rings is 3. The van der Waals surface area contributed by atoms with Gasteiger partial charge in [-0.05, 0) is 108 Å². The van der Waals surface area contributed by atoms with Crippen molar-refractivity contribution >= 4 is 60.7 Å². The fraction of sp³-hybridized carbons (Fsp3) is 0.351. The van der Waals surface area contributed by atoms with Gasteiger partial charge in [0.2, 0.25) is 17.8 Å². The highest BCUT2D eigenvalue weighted by Gasteiger charge is 2.41. The first kappa shape index (κ1) is 43.3. The SMILES string of the molecule is COC(=O)NC(Cc1ccc(N(C(=N)NC(=O)OC(C)(C)C)C(=O)OC(C)(C)C)cc1)P(=O)(Oc1ccc(NC(C)=O)cc1)Oc1ccc(NC(C)=O)cc1. The van der Waals surface area contributed by atoms with Crippen LogP contribution in [0.25, 0.3) is 0 Å². The van der Waals surface area contributed by atoms with Gasteiger partial charge in [-0.2, -0.15) is 0 Å². The highest BCUT2D eigenvalue weighted by Crippen LogP contribution is 2.53. The number of carbonyl (C=O) groups is 5. The average molecular weight is 783 g/mol. The Bertz CT molecular complexity index is 1840. The molecule has 3 aromatic carbocycles. The van der Waals surface area contributed by atoms with Crippen LogP contribution in [0.1, 0.15) is 61.0 Å². The van der Waals surface area contributed by atoms with Crippen molar-refractivity contribution in [1.29, 1.82) is 5.41 Å². The molecule has 0 fully saturated rings. The maximum Gasteiger partial charge on any atom is 0.453 e. The van der Waals surface area contributed by atoms with Crippen LogP contribution in [-0.2, 0) is 34.8 Å². The first-order chi connectivity index (χ1) is 25.6. The number of nitrogens with one attached hydrogen (secondary N) is 5. The van der Waals surface area contributed by atoms with Crippen molar-refractivity contribution in [2.24, 2.45) is 0 Å². The molecule has 0 saturated carbocycles. The molecule has 0 saturated heterocycles. The van der Waals surface area contributed by atoms with E-state index in [-0.39, 0.29) is 35.4 Å². The van der Waals surface area contributed by atoms with E-state index < -0.39 is 48.8 Å². The first-order valence-electron chi connectivity index (χ1n) is 16.8. The smallest absolute Gasteiger partial charge is 0.453 e. The Morgan fingerprint density at radius 2 is 1.16 bits per heavy atom. The summed E-state index contributed by atoms with van der Waals surface area (Å²) in [4.78, 5) is 62.4. The number of hydrogen-bond donors (Lipinski definition) is 5. The monoisotopic (exact) mass is 782 g/mol. The molecule has 0 aliphatic carbocycles. The van der Waals surface area contributed by atoms with E-state index in [1.165, 1.54) is 86.6 Å². The summed E-state index contributed by atoms with van der Waals surface area (Å²) in [5.74, 6) is -2.51. The van der Waals surface area contributed by atoms with Gasteiger partial charge in [0.15, 0.2) is 5.78 Å². The van der Waals surface area contributed by atoms with Crippen molar-refractivity contribution in [3.05, 3.63) is 78.4 Å². The van der Waals surface area contributed by atoms with Gasteiger partial charge in [0.05, 0.1) is 12.8 Å².